The monoisotopic (exact) mass is 273 g/mol. The van der Waals surface area contributed by atoms with E-state index in [0.29, 0.717) is 18.3 Å². The Labute approximate surface area is 118 Å². The lowest BCUT2D eigenvalue weighted by Crippen LogP contribution is -2.26. The van der Waals surface area contributed by atoms with Crippen LogP contribution in [0.25, 0.3) is 0 Å². The Bertz CT molecular complexity index is 548. The summed E-state index contributed by atoms with van der Waals surface area (Å²) < 4.78 is 5.20. The summed E-state index contributed by atoms with van der Waals surface area (Å²) in [6.07, 6.45) is 3.40. The van der Waals surface area contributed by atoms with Gasteiger partial charge in [-0.15, -0.1) is 0 Å². The minimum absolute atomic E-state index is 0.229. The van der Waals surface area contributed by atoms with Gasteiger partial charge in [0.25, 0.3) is 0 Å². The van der Waals surface area contributed by atoms with Crippen LogP contribution < -0.4 is 5.32 Å². The van der Waals surface area contributed by atoms with Crippen LogP contribution in [0, 0.1) is 0 Å². The molecule has 0 radical (unpaired) electrons. The maximum atomic E-state index is 11.0. The largest absolute Gasteiger partial charge is 0.478 e. The van der Waals surface area contributed by atoms with Crippen molar-refractivity contribution >= 4 is 5.97 Å². The molecule has 0 saturated heterocycles. The number of carboxylic acids is 1. The van der Waals surface area contributed by atoms with E-state index in [9.17, 15) is 4.79 Å². The van der Waals surface area contributed by atoms with Gasteiger partial charge in [0.2, 0.25) is 0 Å². The van der Waals surface area contributed by atoms with E-state index in [1.54, 1.807) is 0 Å². The lowest BCUT2D eigenvalue weighted by Gasteiger charge is -2.13. The second-order valence-electron chi connectivity index (χ2n) is 4.87. The highest BCUT2D eigenvalue weighted by Crippen LogP contribution is 2.11. The van der Waals surface area contributed by atoms with Gasteiger partial charge in [0.05, 0.1) is 12.8 Å². The van der Waals surface area contributed by atoms with Crippen molar-refractivity contribution in [1.82, 2.24) is 5.32 Å². The fourth-order valence-electron chi connectivity index (χ4n) is 2.06. The van der Waals surface area contributed by atoms with Gasteiger partial charge in [0.1, 0.15) is 11.3 Å². The average Bonchev–Trinajstić information content (AvgIpc) is 2.92. The molecule has 0 aliphatic rings. The van der Waals surface area contributed by atoms with E-state index in [2.05, 4.69) is 24.4 Å². The predicted molar refractivity (Wildman–Crippen MR) is 76.7 cm³/mol. The summed E-state index contributed by atoms with van der Waals surface area (Å²) in [5.74, 6) is -0.475. The molecule has 0 aliphatic heterocycles. The Morgan fingerprint density at radius 1 is 1.30 bits per heavy atom. The minimum Gasteiger partial charge on any atom is -0.478 e. The summed E-state index contributed by atoms with van der Waals surface area (Å²) in [6.45, 7) is 2.52. The molecule has 0 saturated carbocycles. The lowest BCUT2D eigenvalue weighted by atomic mass is 10.1. The fourth-order valence-corrected chi connectivity index (χ4v) is 2.06. The zero-order valence-corrected chi connectivity index (χ0v) is 11.5. The van der Waals surface area contributed by atoms with E-state index in [1.807, 2.05) is 18.2 Å². The summed E-state index contributed by atoms with van der Waals surface area (Å²) in [5.41, 5.74) is 1.54. The number of aryl methyl sites for hydroxylation is 1. The van der Waals surface area contributed by atoms with Crippen molar-refractivity contribution in [1.29, 1.82) is 0 Å². The number of hydrogen-bond donors (Lipinski definition) is 2. The lowest BCUT2D eigenvalue weighted by molar-refractivity contribution is 0.0694. The average molecular weight is 273 g/mol. The molecule has 0 spiro atoms. The van der Waals surface area contributed by atoms with E-state index in [1.165, 1.54) is 17.9 Å². The van der Waals surface area contributed by atoms with Crippen LogP contribution in [0.2, 0.25) is 0 Å². The van der Waals surface area contributed by atoms with Gasteiger partial charge in [0, 0.05) is 6.04 Å². The zero-order chi connectivity index (χ0) is 14.4. The van der Waals surface area contributed by atoms with E-state index >= 15 is 0 Å². The molecular formula is C16H19NO3. The first-order valence-corrected chi connectivity index (χ1v) is 6.74. The highest BCUT2D eigenvalue weighted by molar-refractivity contribution is 5.88. The predicted octanol–water partition coefficient (Wildman–Crippen LogP) is 3.09. The van der Waals surface area contributed by atoms with Gasteiger partial charge in [-0.3, -0.25) is 0 Å². The number of carboxylic acid groups (broad SMARTS) is 1. The summed E-state index contributed by atoms with van der Waals surface area (Å²) >= 11 is 0. The van der Waals surface area contributed by atoms with E-state index in [0.717, 1.165) is 12.8 Å². The molecule has 4 nitrogen and oxygen atoms in total. The first kappa shape index (κ1) is 14.3. The van der Waals surface area contributed by atoms with Gasteiger partial charge in [-0.25, -0.2) is 4.79 Å². The topological polar surface area (TPSA) is 62.5 Å². The summed E-state index contributed by atoms with van der Waals surface area (Å²) in [5, 5.41) is 12.3. The highest BCUT2D eigenvalue weighted by Gasteiger charge is 2.13. The number of hydrogen-bond acceptors (Lipinski definition) is 3. The number of aromatic carboxylic acids is 1. The van der Waals surface area contributed by atoms with Crippen molar-refractivity contribution in [3.8, 4) is 0 Å². The van der Waals surface area contributed by atoms with Crippen LogP contribution in [0.4, 0.5) is 0 Å². The smallest absolute Gasteiger partial charge is 0.339 e. The first-order valence-electron chi connectivity index (χ1n) is 6.74. The SMILES string of the molecule is CC(CCc1ccccc1)NCc1occc1C(=O)O. The summed E-state index contributed by atoms with van der Waals surface area (Å²) in [7, 11) is 0. The molecule has 4 heteroatoms. The summed E-state index contributed by atoms with van der Waals surface area (Å²) in [6, 6.07) is 12.1. The van der Waals surface area contributed by atoms with Gasteiger partial charge >= 0.3 is 5.97 Å². The van der Waals surface area contributed by atoms with Crippen LogP contribution in [0.5, 0.6) is 0 Å². The molecule has 1 unspecified atom stereocenters. The Morgan fingerprint density at radius 3 is 2.75 bits per heavy atom. The van der Waals surface area contributed by atoms with Gasteiger partial charge < -0.3 is 14.8 Å². The number of nitrogens with one attached hydrogen (secondary N) is 1. The number of carbonyl (C=O) groups is 1. The molecule has 0 bridgehead atoms. The van der Waals surface area contributed by atoms with Crippen molar-refractivity contribution in [2.75, 3.05) is 0 Å². The van der Waals surface area contributed by atoms with Gasteiger partial charge in [0.15, 0.2) is 0 Å². The van der Waals surface area contributed by atoms with Crippen LogP contribution >= 0.6 is 0 Å². The van der Waals surface area contributed by atoms with Crippen LogP contribution in [-0.2, 0) is 13.0 Å². The Kier molecular flexibility index (Phi) is 4.96. The van der Waals surface area contributed by atoms with Crippen molar-refractivity contribution < 1.29 is 14.3 Å². The molecule has 2 aromatic rings. The highest BCUT2D eigenvalue weighted by atomic mass is 16.4. The molecule has 1 atom stereocenters. The molecule has 20 heavy (non-hydrogen) atoms. The van der Waals surface area contributed by atoms with Gasteiger partial charge in [-0.2, -0.15) is 0 Å². The fraction of sp³-hybridized carbons (Fsp3) is 0.312. The van der Waals surface area contributed by atoms with Crippen LogP contribution in [0.3, 0.4) is 0 Å². The molecular weight excluding hydrogens is 254 g/mol. The van der Waals surface area contributed by atoms with Crippen molar-refractivity contribution in [2.24, 2.45) is 0 Å². The third kappa shape index (κ3) is 3.96. The third-order valence-corrected chi connectivity index (χ3v) is 3.30. The molecule has 0 aliphatic carbocycles. The van der Waals surface area contributed by atoms with Crippen molar-refractivity contribution in [2.45, 2.75) is 32.4 Å². The number of furan rings is 1. The normalized spacial score (nSPS) is 12.2. The van der Waals surface area contributed by atoms with Crippen LogP contribution in [-0.4, -0.2) is 17.1 Å². The number of benzene rings is 1. The molecule has 1 aromatic carbocycles. The van der Waals surface area contributed by atoms with Crippen LogP contribution in [0.15, 0.2) is 47.1 Å². The quantitative estimate of drug-likeness (QED) is 0.813. The van der Waals surface area contributed by atoms with E-state index in [4.69, 9.17) is 9.52 Å². The molecule has 2 rings (SSSR count). The summed E-state index contributed by atoms with van der Waals surface area (Å²) in [4.78, 5) is 11.0. The molecule has 1 aromatic heterocycles. The number of rotatable bonds is 7. The molecule has 2 N–H and O–H groups in total. The molecule has 0 amide bonds. The zero-order valence-electron chi connectivity index (χ0n) is 11.5. The maximum Gasteiger partial charge on any atom is 0.339 e. The second-order valence-corrected chi connectivity index (χ2v) is 4.87. The standard InChI is InChI=1S/C16H19NO3/c1-12(7-8-13-5-3-2-4-6-13)17-11-15-14(16(18)19)9-10-20-15/h2-6,9-10,12,17H,7-8,11H2,1H3,(H,18,19). The van der Waals surface area contributed by atoms with Gasteiger partial charge in [-0.05, 0) is 31.4 Å². The Balaban J connectivity index is 1.79. The van der Waals surface area contributed by atoms with Gasteiger partial charge in [-0.1, -0.05) is 30.3 Å². The maximum absolute atomic E-state index is 11.0. The molecule has 106 valence electrons. The molecule has 1 heterocycles. The Hall–Kier alpha value is -2.07. The molecule has 0 fully saturated rings. The minimum atomic E-state index is -0.951. The third-order valence-electron chi connectivity index (χ3n) is 3.30. The first-order chi connectivity index (χ1) is 9.66. The Morgan fingerprint density at radius 2 is 2.05 bits per heavy atom. The van der Waals surface area contributed by atoms with Crippen LogP contribution in [0.1, 0.15) is 35.0 Å². The van der Waals surface area contributed by atoms with Crippen molar-refractivity contribution in [3.63, 3.8) is 0 Å². The van der Waals surface area contributed by atoms with E-state index in [-0.39, 0.29) is 5.56 Å². The van der Waals surface area contributed by atoms with Crippen molar-refractivity contribution in [3.05, 3.63) is 59.5 Å². The van der Waals surface area contributed by atoms with E-state index < -0.39 is 5.97 Å². The second kappa shape index (κ2) is 6.91.